The molecule has 5 rings (SSSR count). The molecule has 1 unspecified atom stereocenters. The van der Waals surface area contributed by atoms with E-state index in [-0.39, 0.29) is 0 Å². The van der Waals surface area contributed by atoms with Crippen molar-refractivity contribution in [2.45, 2.75) is 44.8 Å². The van der Waals surface area contributed by atoms with Crippen LogP contribution in [0, 0.1) is 0 Å². The van der Waals surface area contributed by atoms with Crippen molar-refractivity contribution in [2.24, 2.45) is 5.73 Å². The number of aromatic nitrogens is 1. The summed E-state index contributed by atoms with van der Waals surface area (Å²) >= 11 is 2.96. The Balaban J connectivity index is 1.25. The number of aliphatic hydroxyl groups excluding tert-OH is 1. The van der Waals surface area contributed by atoms with Gasteiger partial charge in [0.25, 0.3) is 5.91 Å². The Morgan fingerprint density at radius 1 is 1.31 bits per heavy atom. The van der Waals surface area contributed by atoms with Crippen LogP contribution in [0.25, 0.3) is 20.3 Å². The number of fused-ring (bicyclic) bond motifs is 2. The summed E-state index contributed by atoms with van der Waals surface area (Å²) in [5.74, 6) is 0.431. The predicted octanol–water partition coefficient (Wildman–Crippen LogP) is 4.44. The first-order chi connectivity index (χ1) is 17.0. The summed E-state index contributed by atoms with van der Waals surface area (Å²) in [6.07, 6.45) is 3.28. The van der Waals surface area contributed by atoms with Crippen LogP contribution in [-0.2, 0) is 6.42 Å². The molecule has 0 spiro atoms. The van der Waals surface area contributed by atoms with Gasteiger partial charge in [0.05, 0.1) is 11.8 Å². The Bertz CT molecular complexity index is 1360. The molecule has 1 amide bonds. The van der Waals surface area contributed by atoms with Crippen LogP contribution in [0.15, 0.2) is 35.7 Å². The second kappa shape index (κ2) is 10.1. The Kier molecular flexibility index (Phi) is 6.93. The van der Waals surface area contributed by atoms with E-state index in [0.29, 0.717) is 23.2 Å². The maximum absolute atomic E-state index is 11.8. The third kappa shape index (κ3) is 4.73. The monoisotopic (exact) mass is 509 g/mol. The maximum Gasteiger partial charge on any atom is 0.260 e. The highest BCUT2D eigenvalue weighted by Gasteiger charge is 2.24. The number of thiophene rings is 2. The molecule has 4 heterocycles. The molecule has 9 heteroatoms. The highest BCUT2D eigenvalue weighted by Crippen LogP contribution is 2.37. The van der Waals surface area contributed by atoms with Crippen molar-refractivity contribution in [1.82, 2.24) is 10.3 Å². The van der Waals surface area contributed by atoms with Crippen LogP contribution >= 0.6 is 22.7 Å². The lowest BCUT2D eigenvalue weighted by Crippen LogP contribution is -2.44. The molecule has 0 aliphatic carbocycles. The molecule has 1 atom stereocenters. The number of carbonyl (C=O) groups excluding carboxylic acids is 1. The molecular formula is C26H31N5O2S2. The van der Waals surface area contributed by atoms with E-state index in [0.717, 1.165) is 71.3 Å². The molecule has 35 heavy (non-hydrogen) atoms. The maximum atomic E-state index is 11.8. The van der Waals surface area contributed by atoms with Crippen molar-refractivity contribution in [2.75, 3.05) is 30.3 Å². The van der Waals surface area contributed by atoms with Crippen molar-refractivity contribution < 1.29 is 9.90 Å². The minimum absolute atomic E-state index is 0.350. The molecule has 1 aliphatic rings. The molecular weight excluding hydrogens is 478 g/mol. The van der Waals surface area contributed by atoms with Crippen LogP contribution in [0.1, 0.15) is 53.1 Å². The molecule has 7 nitrogen and oxygen atoms in total. The van der Waals surface area contributed by atoms with Gasteiger partial charge in [-0.1, -0.05) is 31.5 Å². The minimum Gasteiger partial charge on any atom is -0.397 e. The van der Waals surface area contributed by atoms with Crippen LogP contribution in [0.3, 0.4) is 0 Å². The van der Waals surface area contributed by atoms with E-state index in [2.05, 4.69) is 40.7 Å². The summed E-state index contributed by atoms with van der Waals surface area (Å²) < 4.78 is 1.21. The van der Waals surface area contributed by atoms with Crippen LogP contribution in [0.4, 0.5) is 11.5 Å². The topological polar surface area (TPSA) is 117 Å². The third-order valence-corrected chi connectivity index (χ3v) is 8.89. The Labute approximate surface area is 212 Å². The summed E-state index contributed by atoms with van der Waals surface area (Å²) in [5.41, 5.74) is 14.4. The Morgan fingerprint density at radius 2 is 2.09 bits per heavy atom. The smallest absolute Gasteiger partial charge is 0.260 e. The number of rotatable bonds is 8. The van der Waals surface area contributed by atoms with Gasteiger partial charge in [0, 0.05) is 41.3 Å². The van der Waals surface area contributed by atoms with Gasteiger partial charge in [0.1, 0.15) is 15.5 Å². The molecule has 1 aliphatic heterocycles. The molecule has 0 bridgehead atoms. The van der Waals surface area contributed by atoms with E-state index in [9.17, 15) is 9.90 Å². The molecule has 184 valence electrons. The number of hydrogen-bond donors (Lipinski definition) is 4. The van der Waals surface area contributed by atoms with Gasteiger partial charge in [-0.2, -0.15) is 0 Å². The second-order valence-electron chi connectivity index (χ2n) is 9.15. The third-order valence-electron chi connectivity index (χ3n) is 6.80. The molecule has 1 fully saturated rings. The van der Waals surface area contributed by atoms with E-state index in [1.165, 1.54) is 16.0 Å². The predicted molar refractivity (Wildman–Crippen MR) is 147 cm³/mol. The number of primary amides is 1. The first-order valence-electron chi connectivity index (χ1n) is 12.1. The van der Waals surface area contributed by atoms with Crippen molar-refractivity contribution in [1.29, 1.82) is 0 Å². The summed E-state index contributed by atoms with van der Waals surface area (Å²) in [7, 11) is 0. The number of hydrogen-bond acceptors (Lipinski definition) is 8. The fourth-order valence-electron chi connectivity index (χ4n) is 4.95. The van der Waals surface area contributed by atoms with Gasteiger partial charge in [0.15, 0.2) is 0 Å². The Morgan fingerprint density at radius 3 is 2.83 bits per heavy atom. The number of benzene rings is 1. The number of piperidine rings is 1. The van der Waals surface area contributed by atoms with Crippen molar-refractivity contribution >= 4 is 60.4 Å². The minimum atomic E-state index is -0.520. The summed E-state index contributed by atoms with van der Waals surface area (Å²) in [5, 5.41) is 18.4. The number of aryl methyl sites for hydroxylation is 1. The van der Waals surface area contributed by atoms with Crippen molar-refractivity contribution in [3.63, 3.8) is 0 Å². The van der Waals surface area contributed by atoms with E-state index in [1.807, 2.05) is 12.1 Å². The van der Waals surface area contributed by atoms with Gasteiger partial charge in [-0.3, -0.25) is 4.79 Å². The first-order valence-corrected chi connectivity index (χ1v) is 13.8. The zero-order valence-electron chi connectivity index (χ0n) is 19.8. The van der Waals surface area contributed by atoms with Crippen molar-refractivity contribution in [3.8, 4) is 0 Å². The fourth-order valence-corrected chi connectivity index (χ4v) is 6.95. The number of pyridine rings is 1. The highest BCUT2D eigenvalue weighted by atomic mass is 32.1. The number of aliphatic hydroxyl groups is 1. The largest absolute Gasteiger partial charge is 0.397 e. The van der Waals surface area contributed by atoms with Crippen LogP contribution in [-0.4, -0.2) is 41.7 Å². The molecule has 0 saturated carbocycles. The molecule has 1 aromatic carbocycles. The Hall–Kier alpha value is -2.72. The summed E-state index contributed by atoms with van der Waals surface area (Å²) in [6, 6.07) is 10.7. The lowest BCUT2D eigenvalue weighted by molar-refractivity contribution is 0.100. The fraction of sp³-hybridized carbons (Fsp3) is 0.385. The SMILES string of the molecule is CCCc1cc(N2CCC(NCC(O)c3csc4ccccc34)CC2)nc2sc(C(N)=O)c(N)c12. The number of nitrogens with zero attached hydrogens (tertiary/aromatic N) is 2. The first kappa shape index (κ1) is 24.0. The number of nitrogens with two attached hydrogens (primary N) is 2. The second-order valence-corrected chi connectivity index (χ2v) is 11.1. The zero-order chi connectivity index (χ0) is 24.5. The normalized spacial score (nSPS) is 15.8. The van der Waals surface area contributed by atoms with Gasteiger partial charge in [0.2, 0.25) is 0 Å². The quantitative estimate of drug-likeness (QED) is 0.279. The average molecular weight is 510 g/mol. The average Bonchev–Trinajstić information content (AvgIpc) is 3.44. The summed E-state index contributed by atoms with van der Waals surface area (Å²) in [4.78, 5) is 20.2. The van der Waals surface area contributed by atoms with E-state index < -0.39 is 12.0 Å². The number of carbonyl (C=O) groups is 1. The number of nitrogens with one attached hydrogen (secondary N) is 1. The number of amides is 1. The van der Waals surface area contributed by atoms with Crippen molar-refractivity contribution in [3.05, 3.63) is 51.7 Å². The highest BCUT2D eigenvalue weighted by molar-refractivity contribution is 7.21. The number of anilines is 2. The molecule has 1 saturated heterocycles. The lowest BCUT2D eigenvalue weighted by Gasteiger charge is -2.34. The van der Waals surface area contributed by atoms with E-state index in [1.54, 1.807) is 11.3 Å². The van der Waals surface area contributed by atoms with Gasteiger partial charge in [-0.15, -0.1) is 22.7 Å². The van der Waals surface area contributed by atoms with Gasteiger partial charge in [-0.25, -0.2) is 4.98 Å². The molecule has 3 aromatic heterocycles. The van der Waals surface area contributed by atoms with Crippen LogP contribution < -0.4 is 21.7 Å². The lowest BCUT2D eigenvalue weighted by atomic mass is 10.0. The van der Waals surface area contributed by atoms with E-state index in [4.69, 9.17) is 16.5 Å². The van der Waals surface area contributed by atoms with Gasteiger partial charge >= 0.3 is 0 Å². The van der Waals surface area contributed by atoms with Gasteiger partial charge < -0.3 is 26.8 Å². The zero-order valence-corrected chi connectivity index (χ0v) is 21.4. The molecule has 4 aromatic rings. The van der Waals surface area contributed by atoms with Crippen LogP contribution in [0.5, 0.6) is 0 Å². The van der Waals surface area contributed by atoms with E-state index >= 15 is 0 Å². The molecule has 0 radical (unpaired) electrons. The number of nitrogen functional groups attached to an aromatic ring is 1. The van der Waals surface area contributed by atoms with Crippen LogP contribution in [0.2, 0.25) is 0 Å². The standard InChI is InChI=1S/C26H31N5O2S2/c1-2-5-15-12-21(30-26-22(15)23(27)24(35-26)25(28)33)31-10-8-16(9-11-31)29-13-19(32)18-14-34-20-7-4-3-6-17(18)20/h3-4,6-7,12,14,16,19,29,32H,2,5,8-11,13,27H2,1H3,(H2,28,33). The molecule has 6 N–H and O–H groups in total. The summed E-state index contributed by atoms with van der Waals surface area (Å²) in [6.45, 7) is 4.43. The van der Waals surface area contributed by atoms with Gasteiger partial charge in [-0.05, 0) is 47.7 Å².